The molecule has 0 atom stereocenters. The Balaban J connectivity index is 2.06. The summed E-state index contributed by atoms with van der Waals surface area (Å²) in [6.45, 7) is 0. The second kappa shape index (κ2) is 6.19. The van der Waals surface area contributed by atoms with Gasteiger partial charge in [0.05, 0.1) is 7.11 Å². The molecule has 0 radical (unpaired) electrons. The molecule has 0 unspecified atom stereocenters. The number of hydrogen-bond donors (Lipinski definition) is 1. The minimum absolute atomic E-state index is 0.0490. The monoisotopic (exact) mass is 273 g/mol. The van der Waals surface area contributed by atoms with E-state index in [4.69, 9.17) is 10.5 Å². The number of ketones is 1. The molecular weight excluding hydrogens is 257 g/mol. The topological polar surface area (TPSA) is 52.3 Å². The largest absolute Gasteiger partial charge is 0.494 e. The molecule has 0 saturated heterocycles. The average Bonchev–Trinajstić information content (AvgIpc) is 2.44. The lowest BCUT2D eigenvalue weighted by atomic mass is 10.0. The van der Waals surface area contributed by atoms with Crippen molar-refractivity contribution in [2.45, 2.75) is 12.8 Å². The zero-order valence-corrected chi connectivity index (χ0v) is 11.2. The standard InChI is InChI=1S/C16H16FNO2/c1-20-15-4-2-3-12(16(15)17)10-14(19)9-11-5-7-13(18)8-6-11/h2-8H,9-10,18H2,1H3. The van der Waals surface area contributed by atoms with Crippen molar-refractivity contribution in [1.29, 1.82) is 0 Å². The number of carbonyl (C=O) groups excluding carboxylic acids is 1. The molecule has 0 saturated carbocycles. The number of nitrogens with two attached hydrogens (primary N) is 1. The number of methoxy groups -OCH3 is 1. The molecule has 0 amide bonds. The third kappa shape index (κ3) is 3.35. The van der Waals surface area contributed by atoms with E-state index in [0.717, 1.165) is 5.56 Å². The van der Waals surface area contributed by atoms with Crippen molar-refractivity contribution in [3.05, 3.63) is 59.4 Å². The van der Waals surface area contributed by atoms with Gasteiger partial charge in [-0.25, -0.2) is 4.39 Å². The van der Waals surface area contributed by atoms with Gasteiger partial charge in [-0.1, -0.05) is 24.3 Å². The second-order valence-corrected chi connectivity index (χ2v) is 4.57. The highest BCUT2D eigenvalue weighted by molar-refractivity contribution is 5.83. The van der Waals surface area contributed by atoms with E-state index < -0.39 is 5.82 Å². The number of rotatable bonds is 5. The van der Waals surface area contributed by atoms with E-state index in [1.54, 1.807) is 36.4 Å². The molecule has 0 aliphatic rings. The number of benzene rings is 2. The van der Waals surface area contributed by atoms with Crippen LogP contribution in [0.25, 0.3) is 0 Å². The van der Waals surface area contributed by atoms with Gasteiger partial charge >= 0.3 is 0 Å². The van der Waals surface area contributed by atoms with Crippen molar-refractivity contribution in [1.82, 2.24) is 0 Å². The van der Waals surface area contributed by atoms with Crippen LogP contribution in [0.2, 0.25) is 0 Å². The lowest BCUT2D eigenvalue weighted by Crippen LogP contribution is -2.08. The van der Waals surface area contributed by atoms with Crippen LogP contribution in [0.3, 0.4) is 0 Å². The molecule has 3 nitrogen and oxygen atoms in total. The van der Waals surface area contributed by atoms with Crippen molar-refractivity contribution >= 4 is 11.5 Å². The fraction of sp³-hybridized carbons (Fsp3) is 0.188. The lowest BCUT2D eigenvalue weighted by Gasteiger charge is -2.07. The molecule has 20 heavy (non-hydrogen) atoms. The molecular formula is C16H16FNO2. The molecule has 4 heteroatoms. The normalized spacial score (nSPS) is 10.3. The smallest absolute Gasteiger partial charge is 0.168 e. The van der Waals surface area contributed by atoms with Gasteiger partial charge in [0.15, 0.2) is 11.6 Å². The maximum absolute atomic E-state index is 13.9. The van der Waals surface area contributed by atoms with E-state index >= 15 is 0 Å². The van der Waals surface area contributed by atoms with Crippen LogP contribution < -0.4 is 10.5 Å². The Morgan fingerprint density at radius 3 is 2.50 bits per heavy atom. The van der Waals surface area contributed by atoms with Gasteiger partial charge in [0.25, 0.3) is 0 Å². The third-order valence-corrected chi connectivity index (χ3v) is 3.03. The van der Waals surface area contributed by atoms with Crippen molar-refractivity contribution in [3.63, 3.8) is 0 Å². The maximum atomic E-state index is 13.9. The highest BCUT2D eigenvalue weighted by Crippen LogP contribution is 2.20. The Hall–Kier alpha value is -2.36. The fourth-order valence-corrected chi connectivity index (χ4v) is 1.99. The molecule has 0 heterocycles. The van der Waals surface area contributed by atoms with Crippen LogP contribution in [-0.2, 0) is 17.6 Å². The van der Waals surface area contributed by atoms with Crippen LogP contribution in [-0.4, -0.2) is 12.9 Å². The molecule has 104 valence electrons. The summed E-state index contributed by atoms with van der Waals surface area (Å²) in [5.74, 6) is -0.370. The zero-order chi connectivity index (χ0) is 14.5. The fourth-order valence-electron chi connectivity index (χ4n) is 1.99. The number of ether oxygens (including phenoxy) is 1. The quantitative estimate of drug-likeness (QED) is 0.852. The van der Waals surface area contributed by atoms with Gasteiger partial charge in [0.1, 0.15) is 5.78 Å². The predicted molar refractivity (Wildman–Crippen MR) is 76.2 cm³/mol. The summed E-state index contributed by atoms with van der Waals surface area (Å²) in [4.78, 5) is 12.0. The maximum Gasteiger partial charge on any atom is 0.168 e. The minimum Gasteiger partial charge on any atom is -0.494 e. The summed E-state index contributed by atoms with van der Waals surface area (Å²) in [6.07, 6.45) is 0.310. The predicted octanol–water partition coefficient (Wildman–Crippen LogP) is 2.77. The lowest BCUT2D eigenvalue weighted by molar-refractivity contribution is -0.117. The molecule has 2 aromatic carbocycles. The van der Waals surface area contributed by atoms with Gasteiger partial charge in [-0.05, 0) is 29.3 Å². The molecule has 0 spiro atoms. The molecule has 0 aromatic heterocycles. The van der Waals surface area contributed by atoms with Gasteiger partial charge in [-0.3, -0.25) is 4.79 Å². The third-order valence-electron chi connectivity index (χ3n) is 3.03. The molecule has 0 fully saturated rings. The Bertz CT molecular complexity index is 608. The Labute approximate surface area is 117 Å². The number of halogens is 1. The molecule has 2 aromatic rings. The summed E-state index contributed by atoms with van der Waals surface area (Å²) in [5.41, 5.74) is 7.46. The summed E-state index contributed by atoms with van der Waals surface area (Å²) in [5, 5.41) is 0. The SMILES string of the molecule is COc1cccc(CC(=O)Cc2ccc(N)cc2)c1F. The zero-order valence-electron chi connectivity index (χ0n) is 11.2. The Morgan fingerprint density at radius 2 is 1.85 bits per heavy atom. The van der Waals surface area contributed by atoms with E-state index in [9.17, 15) is 9.18 Å². The first-order valence-electron chi connectivity index (χ1n) is 6.27. The molecule has 0 bridgehead atoms. The first kappa shape index (κ1) is 14.1. The number of Topliss-reactive ketones (excluding diaryl/α,β-unsaturated/α-hetero) is 1. The van der Waals surface area contributed by atoms with E-state index in [1.165, 1.54) is 13.2 Å². The van der Waals surface area contributed by atoms with E-state index in [-0.39, 0.29) is 24.4 Å². The summed E-state index contributed by atoms with van der Waals surface area (Å²) < 4.78 is 18.8. The van der Waals surface area contributed by atoms with Gasteiger partial charge in [0, 0.05) is 18.5 Å². The van der Waals surface area contributed by atoms with Crippen LogP contribution in [0.15, 0.2) is 42.5 Å². The van der Waals surface area contributed by atoms with Crippen molar-refractivity contribution in [2.75, 3.05) is 12.8 Å². The average molecular weight is 273 g/mol. The van der Waals surface area contributed by atoms with Crippen LogP contribution in [0, 0.1) is 5.82 Å². The number of hydrogen-bond acceptors (Lipinski definition) is 3. The number of carbonyl (C=O) groups is 1. The van der Waals surface area contributed by atoms with E-state index in [2.05, 4.69) is 0 Å². The molecule has 0 aliphatic carbocycles. The highest BCUT2D eigenvalue weighted by atomic mass is 19.1. The van der Waals surface area contributed by atoms with E-state index in [1.807, 2.05) is 0 Å². The van der Waals surface area contributed by atoms with Crippen molar-refractivity contribution in [2.24, 2.45) is 0 Å². The van der Waals surface area contributed by atoms with Gasteiger partial charge in [-0.15, -0.1) is 0 Å². The van der Waals surface area contributed by atoms with Gasteiger partial charge < -0.3 is 10.5 Å². The van der Waals surface area contributed by atoms with E-state index in [0.29, 0.717) is 11.3 Å². The molecule has 0 aliphatic heterocycles. The Morgan fingerprint density at radius 1 is 1.15 bits per heavy atom. The van der Waals surface area contributed by atoms with Crippen molar-refractivity contribution in [3.8, 4) is 5.75 Å². The van der Waals surface area contributed by atoms with Crippen LogP contribution >= 0.6 is 0 Å². The van der Waals surface area contributed by atoms with Gasteiger partial charge in [0.2, 0.25) is 0 Å². The highest BCUT2D eigenvalue weighted by Gasteiger charge is 2.12. The second-order valence-electron chi connectivity index (χ2n) is 4.57. The summed E-state index contributed by atoms with van der Waals surface area (Å²) in [7, 11) is 1.40. The summed E-state index contributed by atoms with van der Waals surface area (Å²) >= 11 is 0. The van der Waals surface area contributed by atoms with Crippen molar-refractivity contribution < 1.29 is 13.9 Å². The number of nitrogen functional groups attached to an aromatic ring is 1. The van der Waals surface area contributed by atoms with Crippen LogP contribution in [0.4, 0.5) is 10.1 Å². The van der Waals surface area contributed by atoms with Crippen LogP contribution in [0.5, 0.6) is 5.75 Å². The number of anilines is 1. The summed E-state index contributed by atoms with van der Waals surface area (Å²) in [6, 6.07) is 11.9. The molecule has 2 N–H and O–H groups in total. The first-order chi connectivity index (χ1) is 9.60. The minimum atomic E-state index is -0.472. The van der Waals surface area contributed by atoms with Crippen LogP contribution in [0.1, 0.15) is 11.1 Å². The first-order valence-corrected chi connectivity index (χ1v) is 6.27. The van der Waals surface area contributed by atoms with Gasteiger partial charge in [-0.2, -0.15) is 0 Å². The Kier molecular flexibility index (Phi) is 4.35. The molecule has 2 rings (SSSR count).